The lowest BCUT2D eigenvalue weighted by atomic mass is 10.1. The molecular weight excluding hydrogens is 397 g/mol. The van der Waals surface area contributed by atoms with E-state index < -0.39 is 10.8 Å². The number of thiazole rings is 1. The average Bonchev–Trinajstić information content (AvgIpc) is 3.01. The monoisotopic (exact) mass is 407 g/mol. The zero-order valence-electron chi connectivity index (χ0n) is 13.1. The highest BCUT2D eigenvalue weighted by Gasteiger charge is 2.16. The molecule has 0 aliphatic heterocycles. The van der Waals surface area contributed by atoms with Crippen LogP contribution in [0.2, 0.25) is 10.0 Å². The minimum atomic E-state index is -0.573. The normalized spacial score (nSPS) is 10.5. The molecule has 132 valence electrons. The molecule has 1 heterocycles. The van der Waals surface area contributed by atoms with E-state index in [2.05, 4.69) is 10.3 Å². The molecule has 0 radical (unpaired) electrons. The van der Waals surface area contributed by atoms with E-state index in [1.807, 2.05) is 18.2 Å². The van der Waals surface area contributed by atoms with Gasteiger partial charge in [0.2, 0.25) is 0 Å². The third-order valence-electron chi connectivity index (χ3n) is 3.45. The summed E-state index contributed by atoms with van der Waals surface area (Å²) < 4.78 is 0. The highest BCUT2D eigenvalue weighted by Crippen LogP contribution is 2.26. The van der Waals surface area contributed by atoms with Crippen molar-refractivity contribution in [2.75, 3.05) is 5.32 Å². The van der Waals surface area contributed by atoms with Gasteiger partial charge >= 0.3 is 0 Å². The Morgan fingerprint density at radius 3 is 2.73 bits per heavy atom. The number of anilines is 1. The third-order valence-corrected chi connectivity index (χ3v) is 4.91. The first-order valence-electron chi connectivity index (χ1n) is 7.37. The fourth-order valence-corrected chi connectivity index (χ4v) is 3.58. The van der Waals surface area contributed by atoms with Crippen molar-refractivity contribution in [1.29, 1.82) is 0 Å². The molecule has 1 amide bonds. The molecule has 0 fully saturated rings. The van der Waals surface area contributed by atoms with Crippen molar-refractivity contribution in [3.05, 3.63) is 84.8 Å². The number of non-ortho nitro benzene ring substituents is 1. The van der Waals surface area contributed by atoms with E-state index in [0.29, 0.717) is 16.6 Å². The second-order valence-corrected chi connectivity index (χ2v) is 7.27. The number of halogens is 2. The molecule has 0 aliphatic rings. The first kappa shape index (κ1) is 18.3. The fourth-order valence-electron chi connectivity index (χ4n) is 2.26. The van der Waals surface area contributed by atoms with Crippen LogP contribution in [0.4, 0.5) is 10.8 Å². The number of nitro benzene ring substituents is 1. The summed E-state index contributed by atoms with van der Waals surface area (Å²) in [6, 6.07) is 11.2. The van der Waals surface area contributed by atoms with Crippen molar-refractivity contribution in [2.24, 2.45) is 0 Å². The highest BCUT2D eigenvalue weighted by molar-refractivity contribution is 7.15. The Morgan fingerprint density at radius 2 is 2.04 bits per heavy atom. The molecule has 0 aliphatic carbocycles. The maximum atomic E-state index is 12.3. The number of nitrogens with one attached hydrogen (secondary N) is 1. The topological polar surface area (TPSA) is 85.1 Å². The highest BCUT2D eigenvalue weighted by atomic mass is 35.5. The van der Waals surface area contributed by atoms with E-state index in [1.165, 1.54) is 23.5 Å². The molecule has 9 heteroatoms. The molecule has 0 saturated heterocycles. The molecule has 26 heavy (non-hydrogen) atoms. The maximum absolute atomic E-state index is 12.3. The quantitative estimate of drug-likeness (QED) is 0.464. The number of benzene rings is 2. The number of hydrogen-bond donors (Lipinski definition) is 1. The lowest BCUT2D eigenvalue weighted by molar-refractivity contribution is -0.384. The molecule has 0 unspecified atom stereocenters. The molecule has 0 saturated carbocycles. The largest absolute Gasteiger partial charge is 0.298 e. The van der Waals surface area contributed by atoms with Crippen molar-refractivity contribution in [2.45, 2.75) is 6.42 Å². The zero-order chi connectivity index (χ0) is 18.7. The molecule has 1 N–H and O–H groups in total. The average molecular weight is 408 g/mol. The van der Waals surface area contributed by atoms with E-state index in [1.54, 1.807) is 12.3 Å². The van der Waals surface area contributed by atoms with Gasteiger partial charge in [0, 0.05) is 34.7 Å². The van der Waals surface area contributed by atoms with E-state index in [4.69, 9.17) is 23.2 Å². The first-order chi connectivity index (χ1) is 12.4. The van der Waals surface area contributed by atoms with E-state index in [9.17, 15) is 14.9 Å². The minimum Gasteiger partial charge on any atom is -0.298 e. The summed E-state index contributed by atoms with van der Waals surface area (Å²) in [6.45, 7) is 0. The van der Waals surface area contributed by atoms with Crippen LogP contribution in [0.5, 0.6) is 0 Å². The van der Waals surface area contributed by atoms with Gasteiger partial charge in [-0.1, -0.05) is 35.3 Å². The van der Waals surface area contributed by atoms with Gasteiger partial charge in [0.05, 0.1) is 15.5 Å². The van der Waals surface area contributed by atoms with Crippen LogP contribution in [0.25, 0.3) is 0 Å². The Balaban J connectivity index is 1.71. The molecule has 1 aromatic heterocycles. The Morgan fingerprint density at radius 1 is 1.23 bits per heavy atom. The van der Waals surface area contributed by atoms with Crippen LogP contribution < -0.4 is 5.32 Å². The number of carbonyl (C=O) groups is 1. The SMILES string of the molecule is O=C(Nc1ncc(Cc2cccc(Cl)c2)s1)c1ccc([N+](=O)[O-])cc1Cl. The Bertz CT molecular complexity index is 991. The second-order valence-electron chi connectivity index (χ2n) is 5.31. The predicted octanol–water partition coefficient (Wildman–Crippen LogP) is 5.20. The smallest absolute Gasteiger partial charge is 0.270 e. The van der Waals surface area contributed by atoms with E-state index in [-0.39, 0.29) is 16.3 Å². The van der Waals surface area contributed by atoms with Gasteiger partial charge in [0.1, 0.15) is 0 Å². The fraction of sp³-hybridized carbons (Fsp3) is 0.0588. The summed E-state index contributed by atoms with van der Waals surface area (Å²) in [5, 5.41) is 14.5. The van der Waals surface area contributed by atoms with Crippen molar-refractivity contribution in [1.82, 2.24) is 4.98 Å². The predicted molar refractivity (Wildman–Crippen MR) is 102 cm³/mol. The number of rotatable bonds is 5. The standard InChI is InChI=1S/C17H11Cl2N3O3S/c18-11-3-1-2-10(6-11)7-13-9-20-17(26-13)21-16(23)14-5-4-12(22(24)25)8-15(14)19/h1-6,8-9H,7H2,(H,20,21,23). The van der Waals surface area contributed by atoms with E-state index in [0.717, 1.165) is 16.5 Å². The summed E-state index contributed by atoms with van der Waals surface area (Å²) >= 11 is 13.3. The summed E-state index contributed by atoms with van der Waals surface area (Å²) in [7, 11) is 0. The molecule has 3 aromatic rings. The van der Waals surface area contributed by atoms with Gasteiger partial charge in [0.15, 0.2) is 5.13 Å². The Kier molecular flexibility index (Phi) is 5.51. The number of amides is 1. The van der Waals surface area contributed by atoms with Gasteiger partial charge in [-0.15, -0.1) is 11.3 Å². The van der Waals surface area contributed by atoms with Crippen molar-refractivity contribution < 1.29 is 9.72 Å². The molecular formula is C17H11Cl2N3O3S. The minimum absolute atomic E-state index is 0.00686. The van der Waals surface area contributed by atoms with Crippen LogP contribution >= 0.6 is 34.5 Å². The molecule has 0 bridgehead atoms. The summed E-state index contributed by atoms with van der Waals surface area (Å²) in [6.07, 6.45) is 2.32. The van der Waals surface area contributed by atoms with Crippen LogP contribution in [-0.2, 0) is 6.42 Å². The molecule has 6 nitrogen and oxygen atoms in total. The third kappa shape index (κ3) is 4.37. The van der Waals surface area contributed by atoms with Crippen molar-refractivity contribution in [3.63, 3.8) is 0 Å². The number of nitro groups is 1. The number of hydrogen-bond acceptors (Lipinski definition) is 5. The van der Waals surface area contributed by atoms with Crippen molar-refractivity contribution >= 4 is 51.3 Å². The molecule has 0 atom stereocenters. The summed E-state index contributed by atoms with van der Waals surface area (Å²) in [5.74, 6) is -0.478. The lowest BCUT2D eigenvalue weighted by Crippen LogP contribution is -2.12. The lowest BCUT2D eigenvalue weighted by Gasteiger charge is -2.04. The van der Waals surface area contributed by atoms with Gasteiger partial charge in [-0.3, -0.25) is 20.2 Å². The van der Waals surface area contributed by atoms with Crippen LogP contribution in [0, 0.1) is 10.1 Å². The Hall–Kier alpha value is -2.48. The first-order valence-corrected chi connectivity index (χ1v) is 8.94. The van der Waals surface area contributed by atoms with Crippen molar-refractivity contribution in [3.8, 4) is 0 Å². The van der Waals surface area contributed by atoms with Crippen LogP contribution in [0.15, 0.2) is 48.7 Å². The molecule has 2 aromatic carbocycles. The van der Waals surface area contributed by atoms with Crippen LogP contribution in [0.1, 0.15) is 20.8 Å². The van der Waals surface area contributed by atoms with Gasteiger partial charge in [-0.05, 0) is 23.8 Å². The van der Waals surface area contributed by atoms with Gasteiger partial charge < -0.3 is 0 Å². The Labute approximate surface area is 162 Å². The number of nitrogens with zero attached hydrogens (tertiary/aromatic N) is 2. The second kappa shape index (κ2) is 7.82. The zero-order valence-corrected chi connectivity index (χ0v) is 15.4. The molecule has 3 rings (SSSR count). The molecule has 0 spiro atoms. The van der Waals surface area contributed by atoms with Gasteiger partial charge in [-0.25, -0.2) is 4.98 Å². The maximum Gasteiger partial charge on any atom is 0.270 e. The van der Waals surface area contributed by atoms with Crippen LogP contribution in [0.3, 0.4) is 0 Å². The number of carbonyl (C=O) groups excluding carboxylic acids is 1. The van der Waals surface area contributed by atoms with Crippen LogP contribution in [-0.4, -0.2) is 15.8 Å². The summed E-state index contributed by atoms with van der Waals surface area (Å²) in [5.41, 5.74) is 1.01. The van der Waals surface area contributed by atoms with Gasteiger partial charge in [-0.2, -0.15) is 0 Å². The van der Waals surface area contributed by atoms with Gasteiger partial charge in [0.25, 0.3) is 11.6 Å². The summed E-state index contributed by atoms with van der Waals surface area (Å²) in [4.78, 5) is 27.6. The number of aromatic nitrogens is 1. The van der Waals surface area contributed by atoms with E-state index >= 15 is 0 Å².